The van der Waals surface area contributed by atoms with Crippen LogP contribution in [0.3, 0.4) is 0 Å². The van der Waals surface area contributed by atoms with Crippen molar-refractivity contribution in [2.24, 2.45) is 0 Å². The largest absolute Gasteiger partial charge is 0.479 e. The van der Waals surface area contributed by atoms with Crippen LogP contribution in [-0.4, -0.2) is 15.6 Å². The molecule has 4 heteroatoms. The number of hydrogen-bond donors (Lipinski definition) is 1. The SMILES string of the molecule is CC(C(=O)O)(c1ccccc1)n1ccccc1=O. The molecule has 1 N–H and O–H groups in total. The fourth-order valence-electron chi connectivity index (χ4n) is 1.93. The molecule has 0 radical (unpaired) electrons. The van der Waals surface area contributed by atoms with E-state index in [0.717, 1.165) is 0 Å². The van der Waals surface area contributed by atoms with Gasteiger partial charge in [-0.1, -0.05) is 36.4 Å². The van der Waals surface area contributed by atoms with Crippen LogP contribution in [0.25, 0.3) is 0 Å². The van der Waals surface area contributed by atoms with Crippen LogP contribution >= 0.6 is 0 Å². The van der Waals surface area contributed by atoms with Crippen molar-refractivity contribution in [1.82, 2.24) is 4.57 Å². The van der Waals surface area contributed by atoms with Gasteiger partial charge in [0.1, 0.15) is 0 Å². The zero-order chi connectivity index (χ0) is 13.2. The zero-order valence-corrected chi connectivity index (χ0v) is 9.91. The van der Waals surface area contributed by atoms with Gasteiger partial charge in [0.15, 0.2) is 5.54 Å². The van der Waals surface area contributed by atoms with E-state index in [1.165, 1.54) is 23.8 Å². The van der Waals surface area contributed by atoms with Crippen molar-refractivity contribution in [3.8, 4) is 0 Å². The summed E-state index contributed by atoms with van der Waals surface area (Å²) >= 11 is 0. The summed E-state index contributed by atoms with van der Waals surface area (Å²) in [7, 11) is 0. The number of carboxylic acids is 1. The number of hydrogen-bond acceptors (Lipinski definition) is 2. The molecule has 0 aliphatic rings. The predicted octanol–water partition coefficient (Wildman–Crippen LogP) is 1.70. The summed E-state index contributed by atoms with van der Waals surface area (Å²) in [6.45, 7) is 1.52. The van der Waals surface area contributed by atoms with Crippen molar-refractivity contribution in [3.63, 3.8) is 0 Å². The lowest BCUT2D eigenvalue weighted by Gasteiger charge is -2.27. The normalized spacial score (nSPS) is 13.8. The van der Waals surface area contributed by atoms with Crippen LogP contribution < -0.4 is 5.56 Å². The van der Waals surface area contributed by atoms with E-state index in [4.69, 9.17) is 0 Å². The maximum absolute atomic E-state index is 11.8. The van der Waals surface area contributed by atoms with Gasteiger partial charge in [-0.25, -0.2) is 4.79 Å². The Kier molecular flexibility index (Phi) is 3.02. The molecule has 0 saturated carbocycles. The van der Waals surface area contributed by atoms with Crippen molar-refractivity contribution in [1.29, 1.82) is 0 Å². The van der Waals surface area contributed by atoms with Crippen molar-refractivity contribution in [2.75, 3.05) is 0 Å². The van der Waals surface area contributed by atoms with Gasteiger partial charge in [-0.2, -0.15) is 0 Å². The van der Waals surface area contributed by atoms with Crippen molar-refractivity contribution >= 4 is 5.97 Å². The van der Waals surface area contributed by atoms with E-state index in [9.17, 15) is 14.7 Å². The second-order valence-electron chi connectivity index (χ2n) is 4.15. The fraction of sp³-hybridized carbons (Fsp3) is 0.143. The number of pyridine rings is 1. The molecule has 1 heterocycles. The van der Waals surface area contributed by atoms with Gasteiger partial charge in [-0.05, 0) is 18.6 Å². The molecule has 0 aliphatic carbocycles. The lowest BCUT2D eigenvalue weighted by atomic mass is 9.91. The number of aromatic nitrogens is 1. The van der Waals surface area contributed by atoms with E-state index >= 15 is 0 Å². The predicted molar refractivity (Wildman–Crippen MR) is 67.5 cm³/mol. The molecule has 1 atom stereocenters. The van der Waals surface area contributed by atoms with Gasteiger partial charge in [0.25, 0.3) is 5.56 Å². The highest BCUT2D eigenvalue weighted by Crippen LogP contribution is 2.24. The average Bonchev–Trinajstić information content (AvgIpc) is 2.39. The minimum Gasteiger partial charge on any atom is -0.479 e. The summed E-state index contributed by atoms with van der Waals surface area (Å²) in [4.78, 5) is 23.5. The van der Waals surface area contributed by atoms with E-state index < -0.39 is 11.5 Å². The Morgan fingerprint density at radius 1 is 1.11 bits per heavy atom. The van der Waals surface area contributed by atoms with Gasteiger partial charge in [0, 0.05) is 12.3 Å². The molecule has 4 nitrogen and oxygen atoms in total. The van der Waals surface area contributed by atoms with Gasteiger partial charge in [0.05, 0.1) is 0 Å². The summed E-state index contributed by atoms with van der Waals surface area (Å²) in [5, 5.41) is 9.50. The Bertz CT molecular complexity index is 618. The molecule has 2 aromatic rings. The van der Waals surface area contributed by atoms with E-state index in [2.05, 4.69) is 0 Å². The van der Waals surface area contributed by atoms with Gasteiger partial charge in [-0.3, -0.25) is 9.36 Å². The Morgan fingerprint density at radius 3 is 2.28 bits per heavy atom. The van der Waals surface area contributed by atoms with Crippen LogP contribution in [-0.2, 0) is 10.3 Å². The second kappa shape index (κ2) is 4.49. The summed E-state index contributed by atoms with van der Waals surface area (Å²) in [5.41, 5.74) is -1.18. The van der Waals surface area contributed by atoms with Crippen LogP contribution in [0.1, 0.15) is 12.5 Å². The molecule has 1 aromatic carbocycles. The third-order valence-electron chi connectivity index (χ3n) is 3.06. The molecular weight excluding hydrogens is 230 g/mol. The Balaban J connectivity index is 2.71. The topological polar surface area (TPSA) is 59.3 Å². The van der Waals surface area contributed by atoms with Gasteiger partial charge in [0.2, 0.25) is 0 Å². The maximum atomic E-state index is 11.8. The van der Waals surface area contributed by atoms with Crippen molar-refractivity contribution in [2.45, 2.75) is 12.5 Å². The Labute approximate surface area is 104 Å². The lowest BCUT2D eigenvalue weighted by molar-refractivity contribution is -0.144. The molecule has 0 saturated heterocycles. The van der Waals surface area contributed by atoms with Crippen LogP contribution in [0.5, 0.6) is 0 Å². The highest BCUT2D eigenvalue weighted by Gasteiger charge is 2.37. The van der Waals surface area contributed by atoms with Gasteiger partial charge >= 0.3 is 5.97 Å². The molecular formula is C14H13NO3. The highest BCUT2D eigenvalue weighted by atomic mass is 16.4. The quantitative estimate of drug-likeness (QED) is 0.892. The molecule has 0 amide bonds. The first-order chi connectivity index (χ1) is 8.56. The van der Waals surface area contributed by atoms with E-state index in [1.54, 1.807) is 42.5 Å². The minimum absolute atomic E-state index is 0.341. The number of benzene rings is 1. The molecule has 0 bridgehead atoms. The molecule has 2 rings (SSSR count). The monoisotopic (exact) mass is 243 g/mol. The molecule has 0 spiro atoms. The number of nitrogens with zero attached hydrogens (tertiary/aromatic N) is 1. The third kappa shape index (κ3) is 1.82. The Morgan fingerprint density at radius 2 is 1.72 bits per heavy atom. The first kappa shape index (κ1) is 12.1. The first-order valence-corrected chi connectivity index (χ1v) is 5.54. The lowest BCUT2D eigenvalue weighted by Crippen LogP contribution is -2.45. The Hall–Kier alpha value is -2.36. The standard InChI is InChI=1S/C14H13NO3/c1-14(13(17)18,11-7-3-2-4-8-11)15-10-6-5-9-12(15)16/h2-10H,1H3,(H,17,18). The summed E-state index contributed by atoms with van der Waals surface area (Å²) < 4.78 is 1.23. The molecule has 1 unspecified atom stereocenters. The maximum Gasteiger partial charge on any atom is 0.334 e. The fourth-order valence-corrected chi connectivity index (χ4v) is 1.93. The highest BCUT2D eigenvalue weighted by molar-refractivity contribution is 5.80. The van der Waals surface area contributed by atoms with Crippen LogP contribution in [0, 0.1) is 0 Å². The van der Waals surface area contributed by atoms with E-state index in [0.29, 0.717) is 5.56 Å². The van der Waals surface area contributed by atoms with Crippen molar-refractivity contribution < 1.29 is 9.90 Å². The van der Waals surface area contributed by atoms with Crippen LogP contribution in [0.2, 0.25) is 0 Å². The van der Waals surface area contributed by atoms with Crippen LogP contribution in [0.15, 0.2) is 59.5 Å². The van der Waals surface area contributed by atoms with Gasteiger partial charge in [-0.15, -0.1) is 0 Å². The van der Waals surface area contributed by atoms with Crippen LogP contribution in [0.4, 0.5) is 0 Å². The third-order valence-corrected chi connectivity index (χ3v) is 3.06. The first-order valence-electron chi connectivity index (χ1n) is 5.54. The zero-order valence-electron chi connectivity index (χ0n) is 9.91. The van der Waals surface area contributed by atoms with Crippen molar-refractivity contribution in [3.05, 3.63) is 70.6 Å². The second-order valence-corrected chi connectivity index (χ2v) is 4.15. The molecule has 0 fully saturated rings. The number of aliphatic carboxylic acids is 1. The molecule has 0 aliphatic heterocycles. The summed E-state index contributed by atoms with van der Waals surface area (Å²) in [5.74, 6) is -1.07. The van der Waals surface area contributed by atoms with E-state index in [1.807, 2.05) is 0 Å². The minimum atomic E-state index is -1.40. The average molecular weight is 243 g/mol. The smallest absolute Gasteiger partial charge is 0.334 e. The summed E-state index contributed by atoms with van der Waals surface area (Å²) in [6.07, 6.45) is 1.49. The molecule has 18 heavy (non-hydrogen) atoms. The van der Waals surface area contributed by atoms with E-state index in [-0.39, 0.29) is 5.56 Å². The number of carbonyl (C=O) groups is 1. The number of rotatable bonds is 3. The summed E-state index contributed by atoms with van der Waals surface area (Å²) in [6, 6.07) is 13.3. The molecule has 1 aromatic heterocycles. The number of carboxylic acid groups (broad SMARTS) is 1. The molecule has 92 valence electrons. The van der Waals surface area contributed by atoms with Gasteiger partial charge < -0.3 is 5.11 Å².